The monoisotopic (exact) mass is 240 g/mol. The molecule has 13 heavy (non-hydrogen) atoms. The van der Waals surface area contributed by atoms with E-state index >= 15 is 0 Å². The van der Waals surface area contributed by atoms with Crippen LogP contribution in [0.2, 0.25) is 0 Å². The van der Waals surface area contributed by atoms with Crippen molar-refractivity contribution in [2.24, 2.45) is 0 Å². The van der Waals surface area contributed by atoms with Crippen molar-refractivity contribution in [1.29, 1.82) is 0 Å². The third kappa shape index (κ3) is 2.04. The summed E-state index contributed by atoms with van der Waals surface area (Å²) in [7, 11) is 0. The Hall–Kier alpha value is -0.960. The van der Waals surface area contributed by atoms with Crippen molar-refractivity contribution in [3.63, 3.8) is 0 Å². The average Bonchev–Trinajstić information content (AvgIpc) is 2.09. The maximum Gasteiger partial charge on any atom is 0.160 e. The van der Waals surface area contributed by atoms with Crippen molar-refractivity contribution in [2.75, 3.05) is 0 Å². The Kier molecular flexibility index (Phi) is 2.98. The van der Waals surface area contributed by atoms with Crippen LogP contribution in [0.15, 0.2) is 16.6 Å². The SMILES string of the molecule is CC(=O)c1cc(C=O)cc(Br)c1C. The average molecular weight is 241 g/mol. The first-order valence-electron chi connectivity index (χ1n) is 3.82. The second-order valence-electron chi connectivity index (χ2n) is 2.85. The predicted octanol–water partition coefficient (Wildman–Crippen LogP) is 2.77. The third-order valence-electron chi connectivity index (χ3n) is 1.88. The highest BCUT2D eigenvalue weighted by molar-refractivity contribution is 9.10. The quantitative estimate of drug-likeness (QED) is 0.589. The van der Waals surface area contributed by atoms with Gasteiger partial charge in [0.1, 0.15) is 6.29 Å². The standard InChI is InChI=1S/C10H9BrO2/c1-6-9(7(2)13)3-8(5-12)4-10(6)11/h3-5H,1-2H3. The van der Waals surface area contributed by atoms with Gasteiger partial charge in [-0.05, 0) is 31.5 Å². The van der Waals surface area contributed by atoms with E-state index in [1.165, 1.54) is 6.92 Å². The molecule has 1 aromatic rings. The van der Waals surface area contributed by atoms with Crippen LogP contribution in [0.3, 0.4) is 0 Å². The number of rotatable bonds is 2. The molecule has 0 amide bonds. The van der Waals surface area contributed by atoms with E-state index in [1.807, 2.05) is 6.92 Å². The topological polar surface area (TPSA) is 34.1 Å². The van der Waals surface area contributed by atoms with Gasteiger partial charge >= 0.3 is 0 Å². The molecular weight excluding hydrogens is 232 g/mol. The molecule has 0 saturated heterocycles. The maximum atomic E-state index is 11.1. The summed E-state index contributed by atoms with van der Waals surface area (Å²) < 4.78 is 0.794. The molecule has 1 aromatic carbocycles. The van der Waals surface area contributed by atoms with Gasteiger partial charge in [-0.1, -0.05) is 15.9 Å². The van der Waals surface area contributed by atoms with Gasteiger partial charge in [0.05, 0.1) is 0 Å². The zero-order chi connectivity index (χ0) is 10.0. The van der Waals surface area contributed by atoms with Crippen LogP contribution in [0.25, 0.3) is 0 Å². The highest BCUT2D eigenvalue weighted by Crippen LogP contribution is 2.21. The summed E-state index contributed by atoms with van der Waals surface area (Å²) in [5, 5.41) is 0. The molecule has 2 nitrogen and oxygen atoms in total. The molecule has 0 radical (unpaired) electrons. The maximum absolute atomic E-state index is 11.1. The van der Waals surface area contributed by atoms with Crippen molar-refractivity contribution in [3.8, 4) is 0 Å². The molecule has 0 fully saturated rings. The zero-order valence-electron chi connectivity index (χ0n) is 7.43. The molecule has 0 aliphatic rings. The molecule has 0 heterocycles. The van der Waals surface area contributed by atoms with E-state index in [-0.39, 0.29) is 5.78 Å². The fourth-order valence-electron chi connectivity index (χ4n) is 1.13. The Morgan fingerprint density at radius 3 is 2.54 bits per heavy atom. The summed E-state index contributed by atoms with van der Waals surface area (Å²) in [5.41, 5.74) is 1.98. The minimum Gasteiger partial charge on any atom is -0.298 e. The molecule has 68 valence electrons. The summed E-state index contributed by atoms with van der Waals surface area (Å²) in [6.45, 7) is 3.33. The van der Waals surface area contributed by atoms with Crippen molar-refractivity contribution < 1.29 is 9.59 Å². The summed E-state index contributed by atoms with van der Waals surface area (Å²) in [5.74, 6) is -0.0260. The van der Waals surface area contributed by atoms with Gasteiger partial charge < -0.3 is 0 Å². The zero-order valence-corrected chi connectivity index (χ0v) is 9.01. The first-order chi connectivity index (χ1) is 6.06. The Labute approximate surface area is 85.1 Å². The lowest BCUT2D eigenvalue weighted by atomic mass is 10.0. The van der Waals surface area contributed by atoms with Crippen LogP contribution in [0.5, 0.6) is 0 Å². The molecule has 0 atom stereocenters. The van der Waals surface area contributed by atoms with Crippen LogP contribution in [0.1, 0.15) is 33.2 Å². The Bertz CT molecular complexity index is 369. The summed E-state index contributed by atoms with van der Waals surface area (Å²) in [4.78, 5) is 21.7. The van der Waals surface area contributed by atoms with Gasteiger partial charge in [-0.25, -0.2) is 0 Å². The number of hydrogen-bond acceptors (Lipinski definition) is 2. The van der Waals surface area contributed by atoms with Crippen LogP contribution in [0, 0.1) is 6.92 Å². The van der Waals surface area contributed by atoms with E-state index in [0.29, 0.717) is 11.1 Å². The fraction of sp³-hybridized carbons (Fsp3) is 0.200. The lowest BCUT2D eigenvalue weighted by molar-refractivity contribution is 0.101. The van der Waals surface area contributed by atoms with Gasteiger partial charge in [-0.3, -0.25) is 9.59 Å². The van der Waals surface area contributed by atoms with Crippen molar-refractivity contribution >= 4 is 28.0 Å². The second-order valence-corrected chi connectivity index (χ2v) is 3.70. The van der Waals surface area contributed by atoms with Crippen molar-refractivity contribution in [3.05, 3.63) is 33.3 Å². The largest absolute Gasteiger partial charge is 0.298 e. The number of halogens is 1. The number of hydrogen-bond donors (Lipinski definition) is 0. The van der Waals surface area contributed by atoms with E-state index in [0.717, 1.165) is 16.3 Å². The molecule has 0 aromatic heterocycles. The smallest absolute Gasteiger partial charge is 0.160 e. The molecule has 0 aliphatic carbocycles. The Morgan fingerprint density at radius 1 is 1.46 bits per heavy atom. The molecule has 0 unspecified atom stereocenters. The molecule has 0 spiro atoms. The number of carbonyl (C=O) groups is 2. The number of Topliss-reactive ketones (excluding diaryl/α,β-unsaturated/α-hetero) is 1. The van der Waals surface area contributed by atoms with E-state index in [1.54, 1.807) is 12.1 Å². The highest BCUT2D eigenvalue weighted by atomic mass is 79.9. The second kappa shape index (κ2) is 3.83. The van der Waals surface area contributed by atoms with Crippen molar-refractivity contribution in [2.45, 2.75) is 13.8 Å². The Morgan fingerprint density at radius 2 is 2.08 bits per heavy atom. The normalized spacial score (nSPS) is 9.77. The molecule has 0 N–H and O–H groups in total. The molecule has 0 bridgehead atoms. The number of aldehydes is 1. The highest BCUT2D eigenvalue weighted by Gasteiger charge is 2.08. The van der Waals surface area contributed by atoms with Crippen LogP contribution >= 0.6 is 15.9 Å². The van der Waals surface area contributed by atoms with Gasteiger partial charge in [0.25, 0.3) is 0 Å². The number of ketones is 1. The van der Waals surface area contributed by atoms with Crippen LogP contribution in [-0.4, -0.2) is 12.1 Å². The van der Waals surface area contributed by atoms with Crippen LogP contribution in [0.4, 0.5) is 0 Å². The first kappa shape index (κ1) is 10.1. The number of benzene rings is 1. The fourth-order valence-corrected chi connectivity index (χ4v) is 1.61. The van der Waals surface area contributed by atoms with E-state index in [9.17, 15) is 9.59 Å². The minimum absolute atomic E-state index is 0.0260. The number of carbonyl (C=O) groups excluding carboxylic acids is 2. The van der Waals surface area contributed by atoms with Gasteiger partial charge in [-0.15, -0.1) is 0 Å². The van der Waals surface area contributed by atoms with E-state index in [4.69, 9.17) is 0 Å². The lowest BCUT2D eigenvalue weighted by Gasteiger charge is -2.05. The molecule has 0 aliphatic heterocycles. The summed E-state index contributed by atoms with van der Waals surface area (Å²) >= 11 is 3.29. The van der Waals surface area contributed by atoms with Gasteiger partial charge in [0.15, 0.2) is 5.78 Å². The summed E-state index contributed by atoms with van der Waals surface area (Å²) in [6, 6.07) is 3.31. The van der Waals surface area contributed by atoms with E-state index < -0.39 is 0 Å². The van der Waals surface area contributed by atoms with Crippen molar-refractivity contribution in [1.82, 2.24) is 0 Å². The minimum atomic E-state index is -0.0260. The summed E-state index contributed by atoms with van der Waals surface area (Å²) in [6.07, 6.45) is 0.733. The third-order valence-corrected chi connectivity index (χ3v) is 2.71. The van der Waals surface area contributed by atoms with Gasteiger partial charge in [-0.2, -0.15) is 0 Å². The molecule has 0 saturated carbocycles. The van der Waals surface area contributed by atoms with Crippen LogP contribution in [-0.2, 0) is 0 Å². The van der Waals surface area contributed by atoms with Gasteiger partial charge in [0, 0.05) is 15.6 Å². The molecule has 3 heteroatoms. The Balaban J connectivity index is 3.41. The molecule has 1 rings (SSSR count). The first-order valence-corrected chi connectivity index (χ1v) is 4.62. The lowest BCUT2D eigenvalue weighted by Crippen LogP contribution is -1.98. The predicted molar refractivity (Wildman–Crippen MR) is 54.3 cm³/mol. The van der Waals surface area contributed by atoms with Crippen LogP contribution < -0.4 is 0 Å². The van der Waals surface area contributed by atoms with Gasteiger partial charge in [0.2, 0.25) is 0 Å². The molecular formula is C10H9BrO2. The van der Waals surface area contributed by atoms with E-state index in [2.05, 4.69) is 15.9 Å².